The van der Waals surface area contributed by atoms with E-state index in [0.717, 1.165) is 23.3 Å². The first kappa shape index (κ1) is 14.9. The summed E-state index contributed by atoms with van der Waals surface area (Å²) >= 11 is 6.13. The molecule has 0 aliphatic rings. The van der Waals surface area contributed by atoms with Crippen LogP contribution in [0.4, 0.5) is 13.2 Å². The van der Waals surface area contributed by atoms with E-state index < -0.39 is 11.7 Å². The minimum atomic E-state index is -4.32. The summed E-state index contributed by atoms with van der Waals surface area (Å²) in [5.41, 5.74) is 0.903. The molecule has 2 rings (SSSR count). The molecule has 106 valence electrons. The summed E-state index contributed by atoms with van der Waals surface area (Å²) in [5.74, 6) is 0. The average Bonchev–Trinajstić information content (AvgIpc) is 2.41. The molecule has 0 fully saturated rings. The lowest BCUT2D eigenvalue weighted by molar-refractivity contribution is -0.137. The van der Waals surface area contributed by atoms with Crippen molar-refractivity contribution in [2.45, 2.75) is 12.2 Å². The first-order chi connectivity index (χ1) is 9.43. The Labute approximate surface area is 120 Å². The van der Waals surface area contributed by atoms with Gasteiger partial charge in [0.2, 0.25) is 0 Å². The van der Waals surface area contributed by atoms with Crippen molar-refractivity contribution in [2.24, 2.45) is 0 Å². The number of benzene rings is 2. The first-order valence-electron chi connectivity index (χ1n) is 6.02. The Morgan fingerprint density at radius 1 is 1.00 bits per heavy atom. The van der Waals surface area contributed by atoms with E-state index in [2.05, 4.69) is 5.32 Å². The molecule has 0 aromatic heterocycles. The van der Waals surface area contributed by atoms with E-state index in [0.29, 0.717) is 5.02 Å². The van der Waals surface area contributed by atoms with E-state index >= 15 is 0 Å². The van der Waals surface area contributed by atoms with E-state index in [-0.39, 0.29) is 6.04 Å². The van der Waals surface area contributed by atoms with E-state index in [1.807, 2.05) is 18.2 Å². The topological polar surface area (TPSA) is 12.0 Å². The van der Waals surface area contributed by atoms with Crippen LogP contribution in [0.2, 0.25) is 5.02 Å². The van der Waals surface area contributed by atoms with E-state index in [1.54, 1.807) is 13.1 Å². The Balaban J connectivity index is 2.36. The molecule has 1 atom stereocenters. The predicted molar refractivity (Wildman–Crippen MR) is 73.8 cm³/mol. The van der Waals surface area contributed by atoms with Gasteiger partial charge in [0, 0.05) is 5.02 Å². The van der Waals surface area contributed by atoms with Gasteiger partial charge < -0.3 is 5.32 Å². The molecule has 0 saturated carbocycles. The highest BCUT2D eigenvalue weighted by Crippen LogP contribution is 2.32. The molecule has 0 heterocycles. The van der Waals surface area contributed by atoms with Crippen LogP contribution in [0, 0.1) is 0 Å². The summed E-state index contributed by atoms with van der Waals surface area (Å²) in [6, 6.07) is 12.1. The highest BCUT2D eigenvalue weighted by molar-refractivity contribution is 6.31. The largest absolute Gasteiger partial charge is 0.416 e. The van der Waals surface area contributed by atoms with Crippen molar-refractivity contribution in [2.75, 3.05) is 7.05 Å². The quantitative estimate of drug-likeness (QED) is 0.868. The standard InChI is InChI=1S/C15H13ClF3N/c1-20-14(12-4-2-3-5-13(12)16)10-6-8-11(9-7-10)15(17,18)19/h2-9,14,20H,1H3. The van der Waals surface area contributed by atoms with Gasteiger partial charge in [-0.1, -0.05) is 41.9 Å². The van der Waals surface area contributed by atoms with Crippen LogP contribution >= 0.6 is 11.6 Å². The van der Waals surface area contributed by atoms with Crippen LogP contribution in [0.15, 0.2) is 48.5 Å². The second-order valence-corrected chi connectivity index (χ2v) is 4.77. The normalized spacial score (nSPS) is 13.2. The Morgan fingerprint density at radius 2 is 1.60 bits per heavy atom. The van der Waals surface area contributed by atoms with E-state index in [1.165, 1.54) is 12.1 Å². The van der Waals surface area contributed by atoms with Gasteiger partial charge in [-0.2, -0.15) is 13.2 Å². The smallest absolute Gasteiger partial charge is 0.309 e. The van der Waals surface area contributed by atoms with Gasteiger partial charge in [0.1, 0.15) is 0 Å². The number of alkyl halides is 3. The Morgan fingerprint density at radius 3 is 2.10 bits per heavy atom. The van der Waals surface area contributed by atoms with Crippen LogP contribution in [0.3, 0.4) is 0 Å². The number of halogens is 4. The fourth-order valence-corrected chi connectivity index (χ4v) is 2.32. The second kappa shape index (κ2) is 5.85. The number of hydrogen-bond acceptors (Lipinski definition) is 1. The van der Waals surface area contributed by atoms with Gasteiger partial charge in [-0.25, -0.2) is 0 Å². The lowest BCUT2D eigenvalue weighted by atomic mass is 9.98. The lowest BCUT2D eigenvalue weighted by Gasteiger charge is -2.19. The van der Waals surface area contributed by atoms with Crippen molar-refractivity contribution in [3.63, 3.8) is 0 Å². The molecule has 0 saturated heterocycles. The van der Waals surface area contributed by atoms with Gasteiger partial charge >= 0.3 is 6.18 Å². The maximum atomic E-state index is 12.6. The maximum Gasteiger partial charge on any atom is 0.416 e. The Kier molecular flexibility index (Phi) is 4.35. The third-order valence-electron chi connectivity index (χ3n) is 3.08. The summed E-state index contributed by atoms with van der Waals surface area (Å²) in [6.07, 6.45) is -4.32. The van der Waals surface area contributed by atoms with Crippen molar-refractivity contribution in [1.29, 1.82) is 0 Å². The summed E-state index contributed by atoms with van der Waals surface area (Å²) in [5, 5.41) is 3.64. The summed E-state index contributed by atoms with van der Waals surface area (Å²) in [6.45, 7) is 0. The molecule has 0 amide bonds. The van der Waals surface area contributed by atoms with E-state index in [9.17, 15) is 13.2 Å². The first-order valence-corrected chi connectivity index (χ1v) is 6.40. The molecule has 2 aromatic carbocycles. The Hall–Kier alpha value is -1.52. The molecule has 0 bridgehead atoms. The molecule has 1 unspecified atom stereocenters. The minimum absolute atomic E-state index is 0.244. The van der Waals surface area contributed by atoms with Crippen LogP contribution in [-0.2, 0) is 6.18 Å². The summed E-state index contributed by atoms with van der Waals surface area (Å²) < 4.78 is 37.7. The molecule has 20 heavy (non-hydrogen) atoms. The zero-order chi connectivity index (χ0) is 14.8. The SMILES string of the molecule is CNC(c1ccc(C(F)(F)F)cc1)c1ccccc1Cl. The molecule has 0 aliphatic heterocycles. The zero-order valence-corrected chi connectivity index (χ0v) is 11.5. The number of nitrogens with one attached hydrogen (secondary N) is 1. The van der Waals surface area contributed by atoms with E-state index in [4.69, 9.17) is 11.6 Å². The van der Waals surface area contributed by atoms with Crippen LogP contribution in [0.1, 0.15) is 22.7 Å². The summed E-state index contributed by atoms with van der Waals surface area (Å²) in [7, 11) is 1.74. The molecule has 1 nitrogen and oxygen atoms in total. The fourth-order valence-electron chi connectivity index (χ4n) is 2.08. The molecular weight excluding hydrogens is 287 g/mol. The van der Waals surface area contributed by atoms with Gasteiger partial charge in [-0.3, -0.25) is 0 Å². The van der Waals surface area contributed by atoms with Crippen molar-refractivity contribution < 1.29 is 13.2 Å². The van der Waals surface area contributed by atoms with Crippen LogP contribution in [0.25, 0.3) is 0 Å². The van der Waals surface area contributed by atoms with Crippen LogP contribution < -0.4 is 5.32 Å². The van der Waals surface area contributed by atoms with Crippen molar-refractivity contribution >= 4 is 11.6 Å². The molecular formula is C15H13ClF3N. The zero-order valence-electron chi connectivity index (χ0n) is 10.7. The van der Waals surface area contributed by atoms with Gasteiger partial charge in [0.25, 0.3) is 0 Å². The lowest BCUT2D eigenvalue weighted by Crippen LogP contribution is -2.18. The highest BCUT2D eigenvalue weighted by Gasteiger charge is 2.30. The second-order valence-electron chi connectivity index (χ2n) is 4.36. The number of rotatable bonds is 3. The fraction of sp³-hybridized carbons (Fsp3) is 0.200. The van der Waals surface area contributed by atoms with Gasteiger partial charge in [-0.05, 0) is 36.4 Å². The maximum absolute atomic E-state index is 12.6. The highest BCUT2D eigenvalue weighted by atomic mass is 35.5. The number of hydrogen-bond donors (Lipinski definition) is 1. The summed E-state index contributed by atoms with van der Waals surface area (Å²) in [4.78, 5) is 0. The van der Waals surface area contributed by atoms with Gasteiger partial charge in [0.15, 0.2) is 0 Å². The molecule has 5 heteroatoms. The molecule has 1 N–H and O–H groups in total. The minimum Gasteiger partial charge on any atom is -0.309 e. The third kappa shape index (κ3) is 3.14. The van der Waals surface area contributed by atoms with Crippen LogP contribution in [-0.4, -0.2) is 7.05 Å². The average molecular weight is 300 g/mol. The third-order valence-corrected chi connectivity index (χ3v) is 3.42. The van der Waals surface area contributed by atoms with Crippen LogP contribution in [0.5, 0.6) is 0 Å². The van der Waals surface area contributed by atoms with Crippen molar-refractivity contribution in [3.8, 4) is 0 Å². The molecule has 0 radical (unpaired) electrons. The molecule has 0 spiro atoms. The van der Waals surface area contributed by atoms with Gasteiger partial charge in [-0.15, -0.1) is 0 Å². The monoisotopic (exact) mass is 299 g/mol. The molecule has 0 aliphatic carbocycles. The van der Waals surface area contributed by atoms with Crippen molar-refractivity contribution in [3.05, 3.63) is 70.2 Å². The predicted octanol–water partition coefficient (Wildman–Crippen LogP) is 4.67. The Bertz CT molecular complexity index is 578. The van der Waals surface area contributed by atoms with Gasteiger partial charge in [0.05, 0.1) is 11.6 Å². The van der Waals surface area contributed by atoms with Crippen molar-refractivity contribution in [1.82, 2.24) is 5.32 Å². The molecule has 2 aromatic rings.